The molecule has 1 heterocycles. The first-order valence-corrected chi connectivity index (χ1v) is 11.5. The lowest BCUT2D eigenvalue weighted by Gasteiger charge is -2.30. The Bertz CT molecular complexity index is 857. The minimum atomic E-state index is -0.581. The molecule has 0 saturated carbocycles. The van der Waals surface area contributed by atoms with Crippen LogP contribution in [0.15, 0.2) is 54.6 Å². The van der Waals surface area contributed by atoms with Gasteiger partial charge < -0.3 is 15.0 Å². The predicted molar refractivity (Wildman–Crippen MR) is 123 cm³/mol. The fraction of sp³-hybridized carbons (Fsp3) is 0.440. The van der Waals surface area contributed by atoms with Crippen molar-refractivity contribution in [1.82, 2.24) is 10.2 Å². The van der Waals surface area contributed by atoms with Crippen LogP contribution in [0.4, 0.5) is 4.79 Å². The van der Waals surface area contributed by atoms with Gasteiger partial charge in [0.15, 0.2) is 0 Å². The second kappa shape index (κ2) is 11.2. The fourth-order valence-corrected chi connectivity index (χ4v) is 4.25. The zero-order chi connectivity index (χ0) is 22.1. The van der Waals surface area contributed by atoms with E-state index in [-0.39, 0.29) is 12.0 Å². The predicted octanol–water partition coefficient (Wildman–Crippen LogP) is 5.51. The molecule has 2 amide bonds. The van der Waals surface area contributed by atoms with Gasteiger partial charge in [-0.05, 0) is 43.0 Å². The Hall–Kier alpha value is -2.53. The Kier molecular flexibility index (Phi) is 8.35. The molecule has 0 aromatic heterocycles. The summed E-state index contributed by atoms with van der Waals surface area (Å²) in [6, 6.07) is 17.8. The van der Waals surface area contributed by atoms with Crippen molar-refractivity contribution in [2.45, 2.75) is 51.0 Å². The van der Waals surface area contributed by atoms with Crippen molar-refractivity contribution < 1.29 is 14.3 Å². The highest BCUT2D eigenvalue weighted by Crippen LogP contribution is 2.35. The molecule has 3 rings (SSSR count). The van der Waals surface area contributed by atoms with Gasteiger partial charge in [-0.3, -0.25) is 4.79 Å². The lowest BCUT2D eigenvalue weighted by atomic mass is 9.83. The van der Waals surface area contributed by atoms with Gasteiger partial charge in [-0.1, -0.05) is 73.3 Å². The van der Waals surface area contributed by atoms with Crippen molar-refractivity contribution >= 4 is 23.6 Å². The largest absolute Gasteiger partial charge is 0.466 e. The number of nitrogens with zero attached hydrogens (tertiary/aromatic N) is 1. The van der Waals surface area contributed by atoms with E-state index in [1.54, 1.807) is 0 Å². The van der Waals surface area contributed by atoms with E-state index >= 15 is 0 Å². The summed E-state index contributed by atoms with van der Waals surface area (Å²) < 4.78 is 4.95. The molecule has 1 unspecified atom stereocenters. The van der Waals surface area contributed by atoms with Crippen LogP contribution in [0.25, 0.3) is 0 Å². The first kappa shape index (κ1) is 23.1. The number of hydrogen-bond acceptors (Lipinski definition) is 3. The van der Waals surface area contributed by atoms with Crippen molar-refractivity contribution in [2.75, 3.05) is 19.7 Å². The van der Waals surface area contributed by atoms with E-state index in [2.05, 4.69) is 17.4 Å². The lowest BCUT2D eigenvalue weighted by molar-refractivity contribution is -0.143. The SMILES string of the molecule is CCOC(=O)CCCCCCCN1CC(c2ccccc2)(c2ccc(Cl)cc2)NC1=O. The second-order valence-corrected chi connectivity index (χ2v) is 8.39. The fourth-order valence-electron chi connectivity index (χ4n) is 4.13. The molecular formula is C25H31ClN2O3. The van der Waals surface area contributed by atoms with Crippen molar-refractivity contribution in [3.05, 3.63) is 70.7 Å². The molecule has 1 fully saturated rings. The van der Waals surface area contributed by atoms with Crippen LogP contribution in [0.1, 0.15) is 56.6 Å². The summed E-state index contributed by atoms with van der Waals surface area (Å²) in [5, 5.41) is 3.92. The Morgan fingerprint density at radius 2 is 1.65 bits per heavy atom. The van der Waals surface area contributed by atoms with E-state index in [1.165, 1.54) is 0 Å². The molecule has 0 aliphatic carbocycles. The molecule has 1 atom stereocenters. The van der Waals surface area contributed by atoms with E-state index < -0.39 is 5.54 Å². The average molecular weight is 443 g/mol. The van der Waals surface area contributed by atoms with E-state index in [4.69, 9.17) is 16.3 Å². The maximum atomic E-state index is 12.8. The summed E-state index contributed by atoms with van der Waals surface area (Å²) in [5.41, 5.74) is 1.51. The Morgan fingerprint density at radius 1 is 1.00 bits per heavy atom. The number of benzene rings is 2. The van der Waals surface area contributed by atoms with Gasteiger partial charge >= 0.3 is 12.0 Å². The third kappa shape index (κ3) is 6.01. The number of hydrogen-bond donors (Lipinski definition) is 1. The van der Waals surface area contributed by atoms with Gasteiger partial charge in [-0.25, -0.2) is 4.79 Å². The third-order valence-electron chi connectivity index (χ3n) is 5.75. The Labute approximate surface area is 189 Å². The summed E-state index contributed by atoms with van der Waals surface area (Å²) in [7, 11) is 0. The van der Waals surface area contributed by atoms with Crippen LogP contribution in [-0.4, -0.2) is 36.6 Å². The Morgan fingerprint density at radius 3 is 2.35 bits per heavy atom. The molecule has 0 spiro atoms. The number of rotatable bonds is 11. The number of unbranched alkanes of at least 4 members (excludes halogenated alkanes) is 4. The quantitative estimate of drug-likeness (QED) is 0.368. The standard InChI is InChI=1S/C25H31ClN2O3/c1-2-31-23(29)13-9-4-3-5-10-18-28-19-25(27-24(28)30,20-11-7-6-8-12-20)21-14-16-22(26)17-15-21/h6-8,11-12,14-17H,2-5,9-10,13,18-19H2,1H3,(H,27,30). The van der Waals surface area contributed by atoms with Crippen molar-refractivity contribution in [1.29, 1.82) is 0 Å². The summed E-state index contributed by atoms with van der Waals surface area (Å²) >= 11 is 6.10. The van der Waals surface area contributed by atoms with Gasteiger partial charge in [0.2, 0.25) is 0 Å². The highest BCUT2D eigenvalue weighted by Gasteiger charge is 2.44. The van der Waals surface area contributed by atoms with Gasteiger partial charge in [0, 0.05) is 18.0 Å². The number of carbonyl (C=O) groups excluding carboxylic acids is 2. The van der Waals surface area contributed by atoms with Gasteiger partial charge in [0.25, 0.3) is 0 Å². The van der Waals surface area contributed by atoms with Gasteiger partial charge in [-0.2, -0.15) is 0 Å². The minimum Gasteiger partial charge on any atom is -0.466 e. The van der Waals surface area contributed by atoms with E-state index in [1.807, 2.05) is 54.3 Å². The summed E-state index contributed by atoms with van der Waals surface area (Å²) in [4.78, 5) is 26.1. The monoisotopic (exact) mass is 442 g/mol. The summed E-state index contributed by atoms with van der Waals surface area (Å²) in [6.45, 7) is 3.56. The highest BCUT2D eigenvalue weighted by molar-refractivity contribution is 6.30. The van der Waals surface area contributed by atoms with Gasteiger partial charge in [-0.15, -0.1) is 0 Å². The van der Waals surface area contributed by atoms with Crippen molar-refractivity contribution in [2.24, 2.45) is 0 Å². The molecule has 2 aromatic carbocycles. The van der Waals surface area contributed by atoms with Crippen LogP contribution >= 0.6 is 11.6 Å². The number of esters is 1. The molecule has 1 N–H and O–H groups in total. The molecule has 166 valence electrons. The molecule has 31 heavy (non-hydrogen) atoms. The van der Waals surface area contributed by atoms with Crippen LogP contribution in [0.3, 0.4) is 0 Å². The normalized spacial score (nSPS) is 18.1. The molecule has 0 bridgehead atoms. The zero-order valence-corrected chi connectivity index (χ0v) is 18.9. The smallest absolute Gasteiger partial charge is 0.318 e. The number of halogens is 1. The average Bonchev–Trinajstić information content (AvgIpc) is 3.11. The molecule has 5 nitrogen and oxygen atoms in total. The molecule has 0 radical (unpaired) electrons. The summed E-state index contributed by atoms with van der Waals surface area (Å²) in [6.07, 6.45) is 5.38. The number of nitrogens with one attached hydrogen (secondary N) is 1. The molecule has 1 aliphatic heterocycles. The lowest BCUT2D eigenvalue weighted by Crippen LogP contribution is -2.41. The topological polar surface area (TPSA) is 58.6 Å². The second-order valence-electron chi connectivity index (χ2n) is 7.95. The molecule has 1 aliphatic rings. The first-order valence-electron chi connectivity index (χ1n) is 11.1. The minimum absolute atomic E-state index is 0.0406. The zero-order valence-electron chi connectivity index (χ0n) is 18.1. The van der Waals surface area contributed by atoms with Crippen molar-refractivity contribution in [3.8, 4) is 0 Å². The van der Waals surface area contributed by atoms with Crippen molar-refractivity contribution in [3.63, 3.8) is 0 Å². The van der Waals surface area contributed by atoms with Crippen LogP contribution < -0.4 is 5.32 Å². The number of carbonyl (C=O) groups is 2. The highest BCUT2D eigenvalue weighted by atomic mass is 35.5. The maximum absolute atomic E-state index is 12.8. The van der Waals surface area contributed by atoms with Crippen LogP contribution in [0.5, 0.6) is 0 Å². The molecule has 2 aromatic rings. The number of amides is 2. The first-order chi connectivity index (χ1) is 15.0. The van der Waals surface area contributed by atoms with Crippen LogP contribution in [0, 0.1) is 0 Å². The van der Waals surface area contributed by atoms with Crippen LogP contribution in [0.2, 0.25) is 5.02 Å². The van der Waals surface area contributed by atoms with E-state index in [9.17, 15) is 9.59 Å². The molecule has 6 heteroatoms. The molecule has 1 saturated heterocycles. The van der Waals surface area contributed by atoms with Crippen LogP contribution in [-0.2, 0) is 15.1 Å². The molecular weight excluding hydrogens is 412 g/mol. The van der Waals surface area contributed by atoms with Gasteiger partial charge in [0.05, 0.1) is 13.2 Å². The third-order valence-corrected chi connectivity index (χ3v) is 6.01. The summed E-state index contributed by atoms with van der Waals surface area (Å²) in [5.74, 6) is -0.115. The van der Waals surface area contributed by atoms with E-state index in [0.29, 0.717) is 31.1 Å². The number of urea groups is 1. The van der Waals surface area contributed by atoms with Gasteiger partial charge in [0.1, 0.15) is 5.54 Å². The maximum Gasteiger partial charge on any atom is 0.318 e. The Balaban J connectivity index is 1.56. The van der Waals surface area contributed by atoms with E-state index in [0.717, 1.165) is 43.2 Å². The number of ether oxygens (including phenoxy) is 1.